The number of anilines is 2. The van der Waals surface area contributed by atoms with Gasteiger partial charge in [-0.1, -0.05) is 6.07 Å². The molecule has 0 aliphatic carbocycles. The summed E-state index contributed by atoms with van der Waals surface area (Å²) in [6.45, 7) is 0.719. The Hall–Kier alpha value is -1.57. The molecule has 102 valence electrons. The molecule has 1 heterocycles. The number of primary sulfonamides is 1. The molecular formula is C12H15N3O2S2. The van der Waals surface area contributed by atoms with E-state index >= 15 is 0 Å². The summed E-state index contributed by atoms with van der Waals surface area (Å²) in [7, 11) is -1.81. The van der Waals surface area contributed by atoms with Crippen LogP contribution in [0.15, 0.2) is 40.6 Å². The third-order valence-corrected chi connectivity index (χ3v) is 4.48. The molecule has 4 N–H and O–H groups in total. The van der Waals surface area contributed by atoms with Crippen molar-refractivity contribution in [3.05, 3.63) is 40.6 Å². The summed E-state index contributed by atoms with van der Waals surface area (Å²) in [6, 6.07) is 8.54. The first-order valence-corrected chi connectivity index (χ1v) is 7.96. The van der Waals surface area contributed by atoms with Crippen molar-refractivity contribution in [2.75, 3.05) is 17.7 Å². The van der Waals surface area contributed by atoms with Gasteiger partial charge in [0.15, 0.2) is 0 Å². The zero-order valence-electron chi connectivity index (χ0n) is 10.4. The first-order valence-electron chi connectivity index (χ1n) is 5.54. The molecule has 5 nitrogen and oxygen atoms in total. The Bertz CT molecular complexity index is 666. The number of thiophene rings is 1. The molecule has 1 aromatic carbocycles. The van der Waals surface area contributed by atoms with Crippen molar-refractivity contribution >= 4 is 32.7 Å². The molecule has 1 aromatic heterocycles. The third kappa shape index (κ3) is 3.25. The summed E-state index contributed by atoms with van der Waals surface area (Å²) in [4.78, 5) is 3.20. The lowest BCUT2D eigenvalue weighted by Gasteiger charge is -2.20. The van der Waals surface area contributed by atoms with Gasteiger partial charge in [-0.2, -0.15) is 0 Å². The maximum atomic E-state index is 11.2. The van der Waals surface area contributed by atoms with Crippen LogP contribution in [-0.2, 0) is 16.6 Å². The van der Waals surface area contributed by atoms with Crippen LogP contribution in [0.25, 0.3) is 0 Å². The third-order valence-electron chi connectivity index (χ3n) is 2.71. The largest absolute Gasteiger partial charge is 0.397 e. The molecule has 0 atom stereocenters. The molecule has 2 aromatic rings. The van der Waals surface area contributed by atoms with Gasteiger partial charge in [-0.15, -0.1) is 11.3 Å². The van der Waals surface area contributed by atoms with Gasteiger partial charge in [-0.25, -0.2) is 13.6 Å². The molecule has 0 unspecified atom stereocenters. The van der Waals surface area contributed by atoms with E-state index in [1.54, 1.807) is 17.4 Å². The second-order valence-electron chi connectivity index (χ2n) is 4.20. The Morgan fingerprint density at radius 1 is 1.32 bits per heavy atom. The molecule has 0 saturated heterocycles. The van der Waals surface area contributed by atoms with Crippen molar-refractivity contribution in [2.24, 2.45) is 5.14 Å². The monoisotopic (exact) mass is 297 g/mol. The standard InChI is InChI=1S/C12H15N3O2S2/c1-15(8-9-3-2-6-18-9)12-5-4-10(7-11(12)13)19(14,16)17/h2-7H,8,13H2,1H3,(H2,14,16,17). The van der Waals surface area contributed by atoms with Crippen LogP contribution in [-0.4, -0.2) is 15.5 Å². The van der Waals surface area contributed by atoms with E-state index in [1.807, 2.05) is 29.5 Å². The van der Waals surface area contributed by atoms with Crippen LogP contribution in [0.1, 0.15) is 4.88 Å². The summed E-state index contributed by atoms with van der Waals surface area (Å²) >= 11 is 1.66. The molecular weight excluding hydrogens is 282 g/mol. The van der Waals surface area contributed by atoms with E-state index in [0.717, 1.165) is 12.2 Å². The number of benzene rings is 1. The van der Waals surface area contributed by atoms with E-state index in [9.17, 15) is 8.42 Å². The average Bonchev–Trinajstić information content (AvgIpc) is 2.80. The van der Waals surface area contributed by atoms with Gasteiger partial charge < -0.3 is 10.6 Å². The van der Waals surface area contributed by atoms with Gasteiger partial charge in [-0.05, 0) is 29.6 Å². The quantitative estimate of drug-likeness (QED) is 0.839. The number of hydrogen-bond donors (Lipinski definition) is 2. The van der Waals surface area contributed by atoms with E-state index in [-0.39, 0.29) is 4.90 Å². The van der Waals surface area contributed by atoms with Gasteiger partial charge in [0, 0.05) is 11.9 Å². The highest BCUT2D eigenvalue weighted by atomic mass is 32.2. The van der Waals surface area contributed by atoms with Crippen LogP contribution in [0.5, 0.6) is 0 Å². The number of sulfonamides is 1. The molecule has 2 rings (SSSR count). The molecule has 0 aliphatic rings. The predicted molar refractivity (Wildman–Crippen MR) is 78.7 cm³/mol. The Morgan fingerprint density at radius 2 is 2.05 bits per heavy atom. The topological polar surface area (TPSA) is 89.4 Å². The molecule has 0 aliphatic heterocycles. The van der Waals surface area contributed by atoms with Crippen molar-refractivity contribution < 1.29 is 8.42 Å². The van der Waals surface area contributed by atoms with E-state index in [1.165, 1.54) is 17.0 Å². The molecule has 7 heteroatoms. The molecule has 19 heavy (non-hydrogen) atoms. The van der Waals surface area contributed by atoms with Crippen LogP contribution < -0.4 is 15.8 Å². The van der Waals surface area contributed by atoms with Gasteiger partial charge in [-0.3, -0.25) is 0 Å². The first kappa shape index (κ1) is 13.9. The maximum Gasteiger partial charge on any atom is 0.238 e. The second-order valence-corrected chi connectivity index (χ2v) is 6.79. The number of nitrogens with zero attached hydrogens (tertiary/aromatic N) is 1. The predicted octanol–water partition coefficient (Wildman–Crippen LogP) is 1.61. The van der Waals surface area contributed by atoms with Crippen LogP contribution in [0.2, 0.25) is 0 Å². The lowest BCUT2D eigenvalue weighted by atomic mass is 10.2. The second kappa shape index (κ2) is 5.20. The SMILES string of the molecule is CN(Cc1cccs1)c1ccc(S(N)(=O)=O)cc1N. The van der Waals surface area contributed by atoms with E-state index in [2.05, 4.69) is 0 Å². The Balaban J connectivity index is 2.26. The normalized spacial score (nSPS) is 11.5. The summed E-state index contributed by atoms with van der Waals surface area (Å²) in [5.41, 5.74) is 7.06. The molecule has 0 saturated carbocycles. The highest BCUT2D eigenvalue weighted by Crippen LogP contribution is 2.26. The minimum Gasteiger partial charge on any atom is -0.397 e. The average molecular weight is 297 g/mol. The fraction of sp³-hybridized carbons (Fsp3) is 0.167. The van der Waals surface area contributed by atoms with Crippen molar-refractivity contribution in [1.29, 1.82) is 0 Å². The Kier molecular flexibility index (Phi) is 3.79. The van der Waals surface area contributed by atoms with E-state index < -0.39 is 10.0 Å². The van der Waals surface area contributed by atoms with Crippen LogP contribution >= 0.6 is 11.3 Å². The Morgan fingerprint density at radius 3 is 2.58 bits per heavy atom. The van der Waals surface area contributed by atoms with Gasteiger partial charge >= 0.3 is 0 Å². The van der Waals surface area contributed by atoms with Crippen molar-refractivity contribution in [1.82, 2.24) is 0 Å². The van der Waals surface area contributed by atoms with Gasteiger partial charge in [0.1, 0.15) is 0 Å². The molecule has 0 bridgehead atoms. The molecule has 0 fully saturated rings. The fourth-order valence-electron chi connectivity index (χ4n) is 1.78. The zero-order chi connectivity index (χ0) is 14.0. The number of hydrogen-bond acceptors (Lipinski definition) is 5. The highest BCUT2D eigenvalue weighted by Gasteiger charge is 2.12. The maximum absolute atomic E-state index is 11.2. The summed E-state index contributed by atoms with van der Waals surface area (Å²) < 4.78 is 22.5. The summed E-state index contributed by atoms with van der Waals surface area (Å²) in [5.74, 6) is 0. The summed E-state index contributed by atoms with van der Waals surface area (Å²) in [5, 5.41) is 7.08. The highest BCUT2D eigenvalue weighted by molar-refractivity contribution is 7.89. The number of nitrogens with two attached hydrogens (primary N) is 2. The fourth-order valence-corrected chi connectivity index (χ4v) is 3.08. The van der Waals surface area contributed by atoms with Crippen LogP contribution in [0, 0.1) is 0 Å². The van der Waals surface area contributed by atoms with Gasteiger partial charge in [0.2, 0.25) is 10.0 Å². The van der Waals surface area contributed by atoms with Crippen LogP contribution in [0.3, 0.4) is 0 Å². The molecule has 0 radical (unpaired) electrons. The minimum atomic E-state index is -3.71. The number of rotatable bonds is 4. The lowest BCUT2D eigenvalue weighted by molar-refractivity contribution is 0.598. The zero-order valence-corrected chi connectivity index (χ0v) is 12.0. The smallest absolute Gasteiger partial charge is 0.238 e. The van der Waals surface area contributed by atoms with Gasteiger partial charge in [0.05, 0.1) is 22.8 Å². The minimum absolute atomic E-state index is 0.0262. The lowest BCUT2D eigenvalue weighted by Crippen LogP contribution is -2.18. The van der Waals surface area contributed by atoms with Gasteiger partial charge in [0.25, 0.3) is 0 Å². The van der Waals surface area contributed by atoms with E-state index in [4.69, 9.17) is 10.9 Å². The molecule has 0 spiro atoms. The Labute approximate surface area is 116 Å². The first-order chi connectivity index (χ1) is 8.88. The summed E-state index contributed by atoms with van der Waals surface area (Å²) in [6.07, 6.45) is 0. The van der Waals surface area contributed by atoms with Crippen molar-refractivity contribution in [3.8, 4) is 0 Å². The van der Waals surface area contributed by atoms with Crippen LogP contribution in [0.4, 0.5) is 11.4 Å². The molecule has 0 amide bonds. The van der Waals surface area contributed by atoms with Crippen molar-refractivity contribution in [3.63, 3.8) is 0 Å². The number of nitrogen functional groups attached to an aromatic ring is 1. The van der Waals surface area contributed by atoms with E-state index in [0.29, 0.717) is 5.69 Å². The van der Waals surface area contributed by atoms with Crippen molar-refractivity contribution in [2.45, 2.75) is 11.4 Å².